The number of nitrogens with zero attached hydrogens (tertiary/aromatic N) is 4. The van der Waals surface area contributed by atoms with E-state index < -0.39 is 0 Å². The van der Waals surface area contributed by atoms with Crippen LogP contribution >= 0.6 is 0 Å². The first-order valence-corrected chi connectivity index (χ1v) is 5.87. The lowest BCUT2D eigenvalue weighted by Gasteiger charge is -2.20. The first-order valence-electron chi connectivity index (χ1n) is 5.87. The number of likely N-dealkylation sites (N-methyl/N-ethyl adjacent to an activating group) is 2. The van der Waals surface area contributed by atoms with E-state index in [1.807, 2.05) is 27.2 Å². The van der Waals surface area contributed by atoms with E-state index in [4.69, 9.17) is 0 Å². The van der Waals surface area contributed by atoms with E-state index in [0.29, 0.717) is 0 Å². The number of rotatable bonds is 6. The van der Waals surface area contributed by atoms with Crippen molar-refractivity contribution in [1.29, 1.82) is 0 Å². The fourth-order valence-electron chi connectivity index (χ4n) is 1.48. The van der Waals surface area contributed by atoms with Crippen molar-refractivity contribution in [3.05, 3.63) is 17.5 Å². The van der Waals surface area contributed by atoms with Crippen LogP contribution in [-0.4, -0.2) is 56.1 Å². The van der Waals surface area contributed by atoms with Crippen LogP contribution < -0.4 is 10.2 Å². The second-order valence-electron chi connectivity index (χ2n) is 4.54. The standard InChI is InChI=1S/C12H23N5/c1-10-11(8-13-2)9-14-12(15-10)17(5)7-6-16(3)4/h9,13H,6-8H2,1-5H3. The molecule has 1 aromatic heterocycles. The molecule has 0 saturated carbocycles. The first kappa shape index (κ1) is 13.9. The van der Waals surface area contributed by atoms with Gasteiger partial charge in [-0.1, -0.05) is 0 Å². The molecule has 0 aliphatic carbocycles. The topological polar surface area (TPSA) is 44.3 Å². The van der Waals surface area contributed by atoms with Crippen LogP contribution in [0.1, 0.15) is 11.3 Å². The molecule has 0 aromatic carbocycles. The van der Waals surface area contributed by atoms with Gasteiger partial charge < -0.3 is 15.1 Å². The van der Waals surface area contributed by atoms with Crippen LogP contribution in [0, 0.1) is 6.92 Å². The Bertz CT molecular complexity index is 351. The molecule has 0 fully saturated rings. The predicted molar refractivity (Wildman–Crippen MR) is 71.4 cm³/mol. The maximum absolute atomic E-state index is 4.53. The van der Waals surface area contributed by atoms with Gasteiger partial charge in [-0.25, -0.2) is 9.97 Å². The van der Waals surface area contributed by atoms with Crippen molar-refractivity contribution in [3.8, 4) is 0 Å². The van der Waals surface area contributed by atoms with Gasteiger partial charge in [0.25, 0.3) is 0 Å². The molecule has 5 nitrogen and oxygen atoms in total. The lowest BCUT2D eigenvalue weighted by Crippen LogP contribution is -2.29. The number of hydrogen-bond acceptors (Lipinski definition) is 5. The highest BCUT2D eigenvalue weighted by Crippen LogP contribution is 2.09. The van der Waals surface area contributed by atoms with Crippen LogP contribution in [0.25, 0.3) is 0 Å². The molecule has 0 amide bonds. The highest BCUT2D eigenvalue weighted by molar-refractivity contribution is 5.31. The third kappa shape index (κ3) is 4.28. The lowest BCUT2D eigenvalue weighted by molar-refractivity contribution is 0.415. The Kier molecular flexibility index (Phi) is 5.31. The zero-order valence-corrected chi connectivity index (χ0v) is 11.5. The van der Waals surface area contributed by atoms with Gasteiger partial charge in [0, 0.05) is 44.1 Å². The van der Waals surface area contributed by atoms with Crippen LogP contribution in [0.3, 0.4) is 0 Å². The lowest BCUT2D eigenvalue weighted by atomic mass is 10.2. The fraction of sp³-hybridized carbons (Fsp3) is 0.667. The highest BCUT2D eigenvalue weighted by atomic mass is 15.2. The smallest absolute Gasteiger partial charge is 0.225 e. The predicted octanol–water partition coefficient (Wildman–Crippen LogP) is 0.502. The minimum atomic E-state index is 0.796. The molecule has 0 radical (unpaired) electrons. The number of aromatic nitrogens is 2. The summed E-state index contributed by atoms with van der Waals surface area (Å²) >= 11 is 0. The molecule has 0 bridgehead atoms. The maximum Gasteiger partial charge on any atom is 0.225 e. The largest absolute Gasteiger partial charge is 0.343 e. The minimum absolute atomic E-state index is 0.796. The molecule has 5 heteroatoms. The Morgan fingerprint density at radius 3 is 2.47 bits per heavy atom. The van der Waals surface area contributed by atoms with Crippen molar-refractivity contribution in [2.24, 2.45) is 0 Å². The average Bonchev–Trinajstić information content (AvgIpc) is 2.28. The molecule has 17 heavy (non-hydrogen) atoms. The summed E-state index contributed by atoms with van der Waals surface area (Å²) in [5.74, 6) is 0.796. The van der Waals surface area contributed by atoms with Crippen LogP contribution in [0.4, 0.5) is 5.95 Å². The van der Waals surface area contributed by atoms with Gasteiger partial charge >= 0.3 is 0 Å². The van der Waals surface area contributed by atoms with Crippen LogP contribution in [-0.2, 0) is 6.54 Å². The molecular formula is C12H23N5. The Labute approximate surface area is 104 Å². The van der Waals surface area contributed by atoms with E-state index in [0.717, 1.165) is 36.8 Å². The van der Waals surface area contributed by atoms with Crippen LogP contribution in [0.15, 0.2) is 6.20 Å². The molecule has 1 rings (SSSR count). The van der Waals surface area contributed by atoms with E-state index >= 15 is 0 Å². The number of hydrogen-bond donors (Lipinski definition) is 1. The normalized spacial score (nSPS) is 10.9. The van der Waals surface area contributed by atoms with Crippen molar-refractivity contribution in [1.82, 2.24) is 20.2 Å². The molecule has 96 valence electrons. The van der Waals surface area contributed by atoms with E-state index in [1.54, 1.807) is 0 Å². The van der Waals surface area contributed by atoms with Gasteiger partial charge in [0.1, 0.15) is 0 Å². The summed E-state index contributed by atoms with van der Waals surface area (Å²) in [6.07, 6.45) is 1.90. The maximum atomic E-state index is 4.53. The van der Waals surface area contributed by atoms with Crippen LogP contribution in [0.5, 0.6) is 0 Å². The molecule has 0 aliphatic rings. The average molecular weight is 237 g/mol. The first-order chi connectivity index (χ1) is 8.04. The molecule has 0 spiro atoms. The highest BCUT2D eigenvalue weighted by Gasteiger charge is 2.07. The van der Waals surface area contributed by atoms with Crippen molar-refractivity contribution in [2.45, 2.75) is 13.5 Å². The molecule has 1 N–H and O–H groups in total. The van der Waals surface area contributed by atoms with Crippen molar-refractivity contribution >= 4 is 5.95 Å². The van der Waals surface area contributed by atoms with Crippen LogP contribution in [0.2, 0.25) is 0 Å². The van der Waals surface area contributed by atoms with E-state index in [2.05, 4.69) is 39.2 Å². The Balaban J connectivity index is 2.68. The minimum Gasteiger partial charge on any atom is -0.343 e. The van der Waals surface area contributed by atoms with Gasteiger partial charge in [-0.15, -0.1) is 0 Å². The van der Waals surface area contributed by atoms with Gasteiger partial charge in [-0.05, 0) is 28.1 Å². The fourth-order valence-corrected chi connectivity index (χ4v) is 1.48. The van der Waals surface area contributed by atoms with E-state index in [1.165, 1.54) is 0 Å². The molecule has 0 unspecified atom stereocenters. The van der Waals surface area contributed by atoms with E-state index in [-0.39, 0.29) is 0 Å². The Morgan fingerprint density at radius 1 is 1.24 bits per heavy atom. The van der Waals surface area contributed by atoms with Gasteiger partial charge in [-0.3, -0.25) is 0 Å². The third-order valence-electron chi connectivity index (χ3n) is 2.66. The Morgan fingerprint density at radius 2 is 1.94 bits per heavy atom. The van der Waals surface area contributed by atoms with Gasteiger partial charge in [0.15, 0.2) is 0 Å². The summed E-state index contributed by atoms with van der Waals surface area (Å²) in [4.78, 5) is 13.1. The summed E-state index contributed by atoms with van der Waals surface area (Å²) < 4.78 is 0. The summed E-state index contributed by atoms with van der Waals surface area (Å²) in [6, 6.07) is 0. The number of nitrogens with one attached hydrogen (secondary N) is 1. The molecule has 1 aromatic rings. The summed E-state index contributed by atoms with van der Waals surface area (Å²) in [6.45, 7) is 4.76. The summed E-state index contributed by atoms with van der Waals surface area (Å²) in [7, 11) is 8.08. The molecule has 1 heterocycles. The third-order valence-corrected chi connectivity index (χ3v) is 2.66. The van der Waals surface area contributed by atoms with Gasteiger partial charge in [0.2, 0.25) is 5.95 Å². The molecular weight excluding hydrogens is 214 g/mol. The van der Waals surface area contributed by atoms with Crippen molar-refractivity contribution in [2.75, 3.05) is 46.2 Å². The molecule has 0 atom stereocenters. The zero-order valence-electron chi connectivity index (χ0n) is 11.5. The molecule has 0 saturated heterocycles. The number of aryl methyl sites for hydroxylation is 1. The quantitative estimate of drug-likeness (QED) is 0.780. The van der Waals surface area contributed by atoms with E-state index in [9.17, 15) is 0 Å². The summed E-state index contributed by atoms with van der Waals surface area (Å²) in [5, 5.41) is 3.11. The monoisotopic (exact) mass is 237 g/mol. The van der Waals surface area contributed by atoms with Crippen molar-refractivity contribution in [3.63, 3.8) is 0 Å². The number of anilines is 1. The van der Waals surface area contributed by atoms with Crippen molar-refractivity contribution < 1.29 is 0 Å². The second kappa shape index (κ2) is 6.51. The van der Waals surface area contributed by atoms with Gasteiger partial charge in [-0.2, -0.15) is 0 Å². The summed E-state index contributed by atoms with van der Waals surface area (Å²) in [5.41, 5.74) is 2.19. The van der Waals surface area contributed by atoms with Gasteiger partial charge in [0.05, 0.1) is 0 Å². The molecule has 0 aliphatic heterocycles. The Hall–Kier alpha value is -1.20. The SMILES string of the molecule is CNCc1cnc(N(C)CCN(C)C)nc1C. The zero-order chi connectivity index (χ0) is 12.8. The second-order valence-corrected chi connectivity index (χ2v) is 4.54.